The maximum atomic E-state index is 13.1. The monoisotopic (exact) mass is 415 g/mol. The summed E-state index contributed by atoms with van der Waals surface area (Å²) in [5.74, 6) is -0.726. The maximum Gasteiger partial charge on any atom is 0.339 e. The topological polar surface area (TPSA) is 125 Å². The Morgan fingerprint density at radius 3 is 2.77 bits per heavy atom. The highest BCUT2D eigenvalue weighted by Crippen LogP contribution is 2.23. The number of carbonyl (C=O) groups excluding carboxylic acids is 2. The highest BCUT2D eigenvalue weighted by atomic mass is 16.6. The predicted molar refractivity (Wildman–Crippen MR) is 105 cm³/mol. The normalized spacial score (nSPS) is 13.4. The van der Waals surface area contributed by atoms with Crippen LogP contribution in [0.2, 0.25) is 0 Å². The van der Waals surface area contributed by atoms with E-state index < -0.39 is 34.6 Å². The maximum absolute atomic E-state index is 13.1. The van der Waals surface area contributed by atoms with E-state index in [4.69, 9.17) is 4.42 Å². The largest absolute Gasteiger partial charge is 0.467 e. The van der Waals surface area contributed by atoms with Crippen LogP contribution in [0.4, 0.5) is 5.69 Å². The van der Waals surface area contributed by atoms with Crippen molar-refractivity contribution in [2.75, 3.05) is 7.11 Å². The van der Waals surface area contributed by atoms with Gasteiger partial charge in [0.2, 0.25) is 5.91 Å². The Hall–Kier alpha value is -3.69. The molecule has 0 radical (unpaired) electrons. The van der Waals surface area contributed by atoms with E-state index in [-0.39, 0.29) is 12.1 Å². The molecule has 2 aromatic rings. The van der Waals surface area contributed by atoms with Gasteiger partial charge in [-0.1, -0.05) is 6.08 Å². The molecule has 0 unspecified atom stereocenters. The summed E-state index contributed by atoms with van der Waals surface area (Å²) in [7, 11) is 1.12. The second-order valence-corrected chi connectivity index (χ2v) is 6.80. The van der Waals surface area contributed by atoms with Crippen molar-refractivity contribution >= 4 is 17.6 Å². The summed E-state index contributed by atoms with van der Waals surface area (Å²) in [5, 5.41) is 11.2. The number of ether oxygens (including phenoxy) is 1. The van der Waals surface area contributed by atoms with Crippen LogP contribution in [0.25, 0.3) is 0 Å². The summed E-state index contributed by atoms with van der Waals surface area (Å²) in [4.78, 5) is 49.3. The van der Waals surface area contributed by atoms with E-state index in [1.165, 1.54) is 11.2 Å². The molecule has 1 amide bonds. The lowest BCUT2D eigenvalue weighted by atomic mass is 10.0. The Morgan fingerprint density at radius 2 is 2.17 bits per heavy atom. The molecule has 158 valence electrons. The molecule has 0 fully saturated rings. The molecule has 2 heterocycles. The number of nitro groups is 1. The fraction of sp³-hybridized carbons (Fsp3) is 0.350. The molecular formula is C20H21N3O7. The van der Waals surface area contributed by atoms with Gasteiger partial charge in [-0.05, 0) is 37.8 Å². The SMILES string of the molecule is COC(=O)c1cc([N+](=O)[O-])c(=O)n(CC(=O)N(Cc2ccco2)C2=CCCCC2)c1. The van der Waals surface area contributed by atoms with Gasteiger partial charge in [0.05, 0.1) is 30.4 Å². The first-order chi connectivity index (χ1) is 14.4. The molecule has 0 N–H and O–H groups in total. The quantitative estimate of drug-likeness (QED) is 0.387. The van der Waals surface area contributed by atoms with Gasteiger partial charge < -0.3 is 14.1 Å². The number of hydrogen-bond donors (Lipinski definition) is 0. The van der Waals surface area contributed by atoms with E-state index in [9.17, 15) is 24.5 Å². The third kappa shape index (κ3) is 4.65. The second-order valence-electron chi connectivity index (χ2n) is 6.80. The highest BCUT2D eigenvalue weighted by Gasteiger charge is 2.25. The van der Waals surface area contributed by atoms with E-state index in [2.05, 4.69) is 4.74 Å². The number of allylic oxidation sites excluding steroid dienone is 2. The van der Waals surface area contributed by atoms with Crippen LogP contribution >= 0.6 is 0 Å². The van der Waals surface area contributed by atoms with Gasteiger partial charge in [-0.25, -0.2) is 4.79 Å². The molecule has 0 saturated carbocycles. The van der Waals surface area contributed by atoms with Crippen molar-refractivity contribution in [3.63, 3.8) is 0 Å². The van der Waals surface area contributed by atoms with Crippen LogP contribution in [0.3, 0.4) is 0 Å². The Bertz CT molecular complexity index is 1040. The zero-order valence-electron chi connectivity index (χ0n) is 16.4. The van der Waals surface area contributed by atoms with Gasteiger partial charge in [0.1, 0.15) is 12.3 Å². The van der Waals surface area contributed by atoms with Crippen molar-refractivity contribution < 1.29 is 23.7 Å². The van der Waals surface area contributed by atoms with Gasteiger partial charge in [-0.2, -0.15) is 0 Å². The van der Waals surface area contributed by atoms with Crippen LogP contribution in [-0.4, -0.2) is 33.4 Å². The van der Waals surface area contributed by atoms with Crippen LogP contribution in [0.1, 0.15) is 41.8 Å². The summed E-state index contributed by atoms with van der Waals surface area (Å²) < 4.78 is 10.8. The Balaban J connectivity index is 1.95. The number of aromatic nitrogens is 1. The summed E-state index contributed by atoms with van der Waals surface area (Å²) in [6, 6.07) is 4.29. The van der Waals surface area contributed by atoms with Crippen molar-refractivity contribution in [1.82, 2.24) is 9.47 Å². The first-order valence-electron chi connectivity index (χ1n) is 9.39. The van der Waals surface area contributed by atoms with Gasteiger partial charge >= 0.3 is 17.2 Å². The highest BCUT2D eigenvalue weighted by molar-refractivity contribution is 5.89. The van der Waals surface area contributed by atoms with E-state index in [0.29, 0.717) is 12.2 Å². The number of furan rings is 1. The number of esters is 1. The Kier molecular flexibility index (Phi) is 6.45. The first-order valence-corrected chi connectivity index (χ1v) is 9.39. The van der Waals surface area contributed by atoms with Crippen LogP contribution < -0.4 is 5.56 Å². The molecule has 0 aromatic carbocycles. The number of amides is 1. The van der Waals surface area contributed by atoms with Crippen molar-refractivity contribution in [1.29, 1.82) is 0 Å². The lowest BCUT2D eigenvalue weighted by molar-refractivity contribution is -0.386. The third-order valence-corrected chi connectivity index (χ3v) is 4.80. The molecule has 1 aliphatic carbocycles. The number of nitrogens with zero attached hydrogens (tertiary/aromatic N) is 3. The van der Waals surface area contributed by atoms with Crippen LogP contribution in [0, 0.1) is 10.1 Å². The Labute approximate surface area is 171 Å². The van der Waals surface area contributed by atoms with Crippen LogP contribution in [0.5, 0.6) is 0 Å². The molecule has 0 saturated heterocycles. The minimum Gasteiger partial charge on any atom is -0.467 e. The molecule has 30 heavy (non-hydrogen) atoms. The molecular weight excluding hydrogens is 394 g/mol. The predicted octanol–water partition coefficient (Wildman–Crippen LogP) is 2.62. The average molecular weight is 415 g/mol. The lowest BCUT2D eigenvalue weighted by Gasteiger charge is -2.27. The van der Waals surface area contributed by atoms with Gasteiger partial charge in [0.25, 0.3) is 0 Å². The molecule has 0 aliphatic heterocycles. The lowest BCUT2D eigenvalue weighted by Crippen LogP contribution is -2.36. The second kappa shape index (κ2) is 9.21. The summed E-state index contributed by atoms with van der Waals surface area (Å²) in [6.45, 7) is -0.298. The zero-order chi connectivity index (χ0) is 21.7. The fourth-order valence-electron chi connectivity index (χ4n) is 3.30. The van der Waals surface area contributed by atoms with Crippen molar-refractivity contribution in [2.24, 2.45) is 0 Å². The minimum absolute atomic E-state index is 0.172. The number of rotatable bonds is 7. The molecule has 10 nitrogen and oxygen atoms in total. The number of carbonyl (C=O) groups is 2. The summed E-state index contributed by atoms with van der Waals surface area (Å²) in [5.41, 5.74) is -1.16. The zero-order valence-corrected chi connectivity index (χ0v) is 16.4. The van der Waals surface area contributed by atoms with Crippen molar-refractivity contribution in [3.05, 3.63) is 74.2 Å². The van der Waals surface area contributed by atoms with E-state index >= 15 is 0 Å². The average Bonchev–Trinajstić information content (AvgIpc) is 3.26. The molecule has 0 spiro atoms. The van der Waals surface area contributed by atoms with Gasteiger partial charge in [0, 0.05) is 18.0 Å². The fourth-order valence-corrected chi connectivity index (χ4v) is 3.30. The number of methoxy groups -OCH3 is 1. The molecule has 0 atom stereocenters. The molecule has 2 aromatic heterocycles. The summed E-state index contributed by atoms with van der Waals surface area (Å²) >= 11 is 0. The van der Waals surface area contributed by atoms with Crippen LogP contribution in [-0.2, 0) is 22.6 Å². The van der Waals surface area contributed by atoms with Gasteiger partial charge in [0.15, 0.2) is 0 Å². The molecule has 1 aliphatic rings. The van der Waals surface area contributed by atoms with Gasteiger partial charge in [-0.15, -0.1) is 0 Å². The standard InChI is InChI=1S/C20H21N3O7/c1-29-20(26)14-10-17(23(27)28)19(25)21(11-14)13-18(24)22(12-16-8-5-9-30-16)15-6-3-2-4-7-15/h5-6,8-11H,2-4,7,12-13H2,1H3. The number of hydrogen-bond acceptors (Lipinski definition) is 7. The smallest absolute Gasteiger partial charge is 0.339 e. The molecule has 3 rings (SSSR count). The van der Waals surface area contributed by atoms with Gasteiger partial charge in [-0.3, -0.25) is 24.3 Å². The van der Waals surface area contributed by atoms with E-state index in [1.807, 2.05) is 6.08 Å². The summed E-state index contributed by atoms with van der Waals surface area (Å²) in [6.07, 6.45) is 8.06. The molecule has 0 bridgehead atoms. The number of pyridine rings is 1. The van der Waals surface area contributed by atoms with Crippen molar-refractivity contribution in [3.8, 4) is 0 Å². The van der Waals surface area contributed by atoms with E-state index in [0.717, 1.165) is 48.9 Å². The minimum atomic E-state index is -0.975. The molecule has 10 heteroatoms. The van der Waals surface area contributed by atoms with Crippen molar-refractivity contribution in [2.45, 2.75) is 38.8 Å². The van der Waals surface area contributed by atoms with Crippen LogP contribution in [0.15, 0.2) is 51.6 Å². The Morgan fingerprint density at radius 1 is 1.37 bits per heavy atom. The first kappa shape index (κ1) is 21.0. The van der Waals surface area contributed by atoms with E-state index in [1.54, 1.807) is 12.1 Å². The third-order valence-electron chi connectivity index (χ3n) is 4.80.